The Labute approximate surface area is 177 Å². The van der Waals surface area contributed by atoms with Crippen molar-refractivity contribution in [2.24, 2.45) is 0 Å². The molecule has 0 radical (unpaired) electrons. The first-order chi connectivity index (χ1) is 14.3. The van der Waals surface area contributed by atoms with Gasteiger partial charge in [-0.15, -0.1) is 11.8 Å². The van der Waals surface area contributed by atoms with E-state index in [1.165, 1.54) is 70.4 Å². The van der Waals surface area contributed by atoms with Crippen molar-refractivity contribution >= 4 is 33.6 Å². The Morgan fingerprint density at radius 1 is 0.966 bits per heavy atom. The van der Waals surface area contributed by atoms with Crippen molar-refractivity contribution in [2.75, 3.05) is 5.75 Å². The molecular weight excluding hydrogens is 372 g/mol. The van der Waals surface area contributed by atoms with E-state index in [1.807, 2.05) is 11.8 Å². The normalized spacial score (nSPS) is 14.9. The molecule has 1 aliphatic carbocycles. The third kappa shape index (κ3) is 3.81. The number of thioether (sulfide) groups is 1. The van der Waals surface area contributed by atoms with Crippen LogP contribution in [-0.2, 0) is 6.54 Å². The Kier molecular flexibility index (Phi) is 5.32. The minimum atomic E-state index is 0.606. The van der Waals surface area contributed by atoms with Gasteiger partial charge in [0.05, 0.1) is 11.0 Å². The maximum Gasteiger partial charge on any atom is 0.113 e. The summed E-state index contributed by atoms with van der Waals surface area (Å²) < 4.78 is 2.51. The highest BCUT2D eigenvalue weighted by Gasteiger charge is 2.24. The van der Waals surface area contributed by atoms with Crippen molar-refractivity contribution in [3.63, 3.8) is 0 Å². The molecule has 29 heavy (non-hydrogen) atoms. The van der Waals surface area contributed by atoms with Gasteiger partial charge in [0.25, 0.3) is 0 Å². The second-order valence-electron chi connectivity index (χ2n) is 8.22. The lowest BCUT2D eigenvalue weighted by Gasteiger charge is -2.14. The average Bonchev–Trinajstić information content (AvgIpc) is 3.40. The molecule has 0 aliphatic heterocycles. The highest BCUT2D eigenvalue weighted by molar-refractivity contribution is 7.99. The third-order valence-electron chi connectivity index (χ3n) is 6.10. The molecule has 2 nitrogen and oxygen atoms in total. The number of hydrogen-bond acceptors (Lipinski definition) is 2. The van der Waals surface area contributed by atoms with E-state index >= 15 is 0 Å². The Balaban J connectivity index is 1.58. The van der Waals surface area contributed by atoms with Gasteiger partial charge in [-0.05, 0) is 65.6 Å². The van der Waals surface area contributed by atoms with Crippen molar-refractivity contribution in [1.82, 2.24) is 9.55 Å². The molecule has 1 saturated carbocycles. The largest absolute Gasteiger partial charge is 0.323 e. The van der Waals surface area contributed by atoms with Crippen LogP contribution in [0.3, 0.4) is 0 Å². The maximum absolute atomic E-state index is 5.13. The maximum atomic E-state index is 5.13. The summed E-state index contributed by atoms with van der Waals surface area (Å²) in [6.45, 7) is 3.14. The fourth-order valence-corrected chi connectivity index (χ4v) is 5.41. The molecule has 1 fully saturated rings. The van der Waals surface area contributed by atoms with Gasteiger partial charge in [0, 0.05) is 17.4 Å². The van der Waals surface area contributed by atoms with Gasteiger partial charge in [0.15, 0.2) is 0 Å². The zero-order valence-corrected chi connectivity index (χ0v) is 17.9. The lowest BCUT2D eigenvalue weighted by molar-refractivity contribution is 0.619. The van der Waals surface area contributed by atoms with Gasteiger partial charge in [-0.1, -0.05) is 56.2 Å². The summed E-state index contributed by atoms with van der Waals surface area (Å²) in [4.78, 5) is 6.49. The Morgan fingerprint density at radius 3 is 2.62 bits per heavy atom. The third-order valence-corrected chi connectivity index (χ3v) is 7.30. The highest BCUT2D eigenvalue weighted by Crippen LogP contribution is 2.36. The van der Waals surface area contributed by atoms with Gasteiger partial charge >= 0.3 is 0 Å². The van der Waals surface area contributed by atoms with Crippen LogP contribution in [0.1, 0.15) is 56.3 Å². The van der Waals surface area contributed by atoms with Gasteiger partial charge in [0.2, 0.25) is 0 Å². The molecule has 0 atom stereocenters. The quantitative estimate of drug-likeness (QED) is 0.314. The Morgan fingerprint density at radius 2 is 1.79 bits per heavy atom. The minimum absolute atomic E-state index is 0.606. The van der Waals surface area contributed by atoms with Crippen LogP contribution in [0, 0.1) is 0 Å². The lowest BCUT2D eigenvalue weighted by Crippen LogP contribution is -2.08. The number of aromatic nitrogens is 2. The van der Waals surface area contributed by atoms with E-state index in [9.17, 15) is 0 Å². The first-order valence-corrected chi connectivity index (χ1v) is 11.9. The minimum Gasteiger partial charge on any atom is -0.323 e. The van der Waals surface area contributed by atoms with E-state index in [0.29, 0.717) is 5.92 Å². The number of benzene rings is 3. The van der Waals surface area contributed by atoms with Gasteiger partial charge in [-0.2, -0.15) is 0 Å². The predicted octanol–water partition coefficient (Wildman–Crippen LogP) is 7.40. The molecule has 0 spiro atoms. The molecular formula is C26H28N2S. The summed E-state index contributed by atoms with van der Waals surface area (Å²) in [7, 11) is 0. The Hall–Kier alpha value is -2.26. The first-order valence-electron chi connectivity index (χ1n) is 10.9. The lowest BCUT2D eigenvalue weighted by atomic mass is 10.1. The van der Waals surface area contributed by atoms with Crippen molar-refractivity contribution in [3.8, 4) is 0 Å². The standard InChI is InChI=1S/C26H28N2S/c1-2-15-29-23-13-14-24-25(17-23)28(26(27-24)21-8-4-5-9-21)18-19-11-12-20-7-3-6-10-22(20)16-19/h3,6-7,10-14,16-17,21H,2,4-5,8-9,15,18H2,1H3. The summed E-state index contributed by atoms with van der Waals surface area (Å²) in [6, 6.07) is 22.3. The summed E-state index contributed by atoms with van der Waals surface area (Å²) in [5, 5.41) is 2.62. The van der Waals surface area contributed by atoms with Crippen LogP contribution in [0.25, 0.3) is 21.8 Å². The van der Waals surface area contributed by atoms with Gasteiger partial charge in [-0.25, -0.2) is 4.98 Å². The second kappa shape index (κ2) is 8.23. The van der Waals surface area contributed by atoms with E-state index in [0.717, 1.165) is 12.1 Å². The molecule has 4 aromatic rings. The molecule has 5 rings (SSSR count). The van der Waals surface area contributed by atoms with Crippen molar-refractivity contribution in [2.45, 2.75) is 56.4 Å². The average molecular weight is 401 g/mol. The number of fused-ring (bicyclic) bond motifs is 2. The SMILES string of the molecule is CCCSc1ccc2nc(C3CCCC3)n(Cc3ccc4ccccc4c3)c2c1. The molecule has 1 heterocycles. The highest BCUT2D eigenvalue weighted by atomic mass is 32.2. The van der Waals surface area contributed by atoms with Crippen molar-refractivity contribution in [1.29, 1.82) is 0 Å². The van der Waals surface area contributed by atoms with Crippen LogP contribution in [0.4, 0.5) is 0 Å². The van der Waals surface area contributed by atoms with Gasteiger partial charge in [-0.3, -0.25) is 0 Å². The fourth-order valence-electron chi connectivity index (χ4n) is 4.61. The number of imidazole rings is 1. The number of hydrogen-bond donors (Lipinski definition) is 0. The van der Waals surface area contributed by atoms with E-state index in [1.54, 1.807) is 0 Å². The molecule has 1 aromatic heterocycles. The van der Waals surface area contributed by atoms with Gasteiger partial charge in [0.1, 0.15) is 5.82 Å². The summed E-state index contributed by atoms with van der Waals surface area (Å²) in [6.07, 6.45) is 6.42. The molecule has 1 aliphatic rings. The predicted molar refractivity (Wildman–Crippen MR) is 125 cm³/mol. The zero-order chi connectivity index (χ0) is 19.6. The molecule has 0 saturated heterocycles. The second-order valence-corrected chi connectivity index (χ2v) is 9.39. The monoisotopic (exact) mass is 400 g/mol. The molecule has 148 valence electrons. The summed E-state index contributed by atoms with van der Waals surface area (Å²) in [5.74, 6) is 3.07. The molecule has 0 bridgehead atoms. The molecule has 3 aromatic carbocycles. The van der Waals surface area contributed by atoms with Gasteiger partial charge < -0.3 is 4.57 Å². The Bertz CT molecular complexity index is 1140. The fraction of sp³-hybridized carbons (Fsp3) is 0.346. The van der Waals surface area contributed by atoms with Crippen LogP contribution >= 0.6 is 11.8 Å². The molecule has 0 N–H and O–H groups in total. The van der Waals surface area contributed by atoms with E-state index < -0.39 is 0 Å². The summed E-state index contributed by atoms with van der Waals surface area (Å²) >= 11 is 1.95. The van der Waals surface area contributed by atoms with E-state index in [-0.39, 0.29) is 0 Å². The zero-order valence-electron chi connectivity index (χ0n) is 17.1. The van der Waals surface area contributed by atoms with Crippen LogP contribution in [0.2, 0.25) is 0 Å². The van der Waals surface area contributed by atoms with Crippen LogP contribution in [0.15, 0.2) is 65.6 Å². The molecule has 0 amide bonds. The molecule has 3 heteroatoms. The van der Waals surface area contributed by atoms with E-state index in [4.69, 9.17) is 4.98 Å². The van der Waals surface area contributed by atoms with Crippen LogP contribution in [0.5, 0.6) is 0 Å². The number of nitrogens with zero attached hydrogens (tertiary/aromatic N) is 2. The number of rotatable bonds is 6. The van der Waals surface area contributed by atoms with Crippen molar-refractivity contribution in [3.05, 3.63) is 72.1 Å². The van der Waals surface area contributed by atoms with Crippen LogP contribution < -0.4 is 0 Å². The topological polar surface area (TPSA) is 17.8 Å². The summed E-state index contributed by atoms with van der Waals surface area (Å²) in [5.41, 5.74) is 3.79. The van der Waals surface area contributed by atoms with Crippen LogP contribution in [-0.4, -0.2) is 15.3 Å². The molecule has 0 unspecified atom stereocenters. The van der Waals surface area contributed by atoms with Crippen molar-refractivity contribution < 1.29 is 0 Å². The van der Waals surface area contributed by atoms with E-state index in [2.05, 4.69) is 72.2 Å². The smallest absolute Gasteiger partial charge is 0.113 e. The first kappa shape index (κ1) is 18.7.